The van der Waals surface area contributed by atoms with Crippen LogP contribution in [0, 0.1) is 11.7 Å². The second kappa shape index (κ2) is 8.68. The number of methoxy groups -OCH3 is 1. The van der Waals surface area contributed by atoms with Crippen LogP contribution in [-0.2, 0) is 0 Å². The predicted molar refractivity (Wildman–Crippen MR) is 128 cm³/mol. The molecule has 2 aliphatic rings. The van der Waals surface area contributed by atoms with Gasteiger partial charge in [0.2, 0.25) is 0 Å². The van der Waals surface area contributed by atoms with Crippen LogP contribution in [0.25, 0.3) is 10.9 Å². The predicted octanol–water partition coefficient (Wildman–Crippen LogP) is 1.59. The topological polar surface area (TPSA) is 118 Å². The fourth-order valence-corrected chi connectivity index (χ4v) is 4.78. The van der Waals surface area contributed by atoms with Gasteiger partial charge in [0.05, 0.1) is 12.5 Å². The van der Waals surface area contributed by atoms with E-state index >= 15 is 4.39 Å². The number of para-hydroxylation sites is 1. The first-order chi connectivity index (χ1) is 16.4. The molecule has 1 aromatic heterocycles. The Labute approximate surface area is 195 Å². The lowest BCUT2D eigenvalue weighted by molar-refractivity contribution is 0.253. The molecule has 1 aliphatic carbocycles. The van der Waals surface area contributed by atoms with Crippen molar-refractivity contribution in [1.29, 1.82) is 0 Å². The van der Waals surface area contributed by atoms with Crippen molar-refractivity contribution in [3.05, 3.63) is 63.1 Å². The van der Waals surface area contributed by atoms with Crippen LogP contribution in [0.5, 0.6) is 11.5 Å². The highest BCUT2D eigenvalue weighted by Gasteiger charge is 2.35. The highest BCUT2D eigenvalue weighted by atomic mass is 19.1. The summed E-state index contributed by atoms with van der Waals surface area (Å²) in [7, 11) is 1.42. The summed E-state index contributed by atoms with van der Waals surface area (Å²) in [5, 5.41) is 0.0239. The largest absolute Gasteiger partial charge is 0.492 e. The monoisotopic (exact) mass is 469 g/mol. The Kier molecular flexibility index (Phi) is 5.68. The maximum absolute atomic E-state index is 15.4. The number of benzene rings is 2. The van der Waals surface area contributed by atoms with Crippen LogP contribution < -0.4 is 37.2 Å². The van der Waals surface area contributed by atoms with E-state index in [9.17, 15) is 9.59 Å². The Morgan fingerprint density at radius 2 is 1.91 bits per heavy atom. The second-order valence-electron chi connectivity index (χ2n) is 8.98. The van der Waals surface area contributed by atoms with E-state index in [1.807, 2.05) is 35.2 Å². The Hall–Kier alpha value is -3.53. The van der Waals surface area contributed by atoms with Crippen molar-refractivity contribution in [2.75, 3.05) is 37.5 Å². The lowest BCUT2D eigenvalue weighted by Crippen LogP contribution is -2.44. The lowest BCUT2D eigenvalue weighted by atomic mass is 10.0. The number of hydrogen-bond donors (Lipinski definition) is 2. The van der Waals surface area contributed by atoms with E-state index < -0.39 is 17.1 Å². The van der Waals surface area contributed by atoms with Crippen LogP contribution in [0.4, 0.5) is 10.1 Å². The minimum absolute atomic E-state index is 0.0239. The fourth-order valence-electron chi connectivity index (χ4n) is 4.78. The zero-order valence-electron chi connectivity index (χ0n) is 18.9. The zero-order valence-corrected chi connectivity index (χ0v) is 18.9. The molecule has 2 heterocycles. The number of nitrogens with two attached hydrogens (primary N) is 2. The van der Waals surface area contributed by atoms with Gasteiger partial charge in [0.15, 0.2) is 11.6 Å². The fraction of sp³-hybridized carbons (Fsp3) is 0.417. The van der Waals surface area contributed by atoms with Crippen LogP contribution in [0.15, 0.2) is 46.0 Å². The van der Waals surface area contributed by atoms with Gasteiger partial charge in [-0.25, -0.2) is 9.18 Å². The van der Waals surface area contributed by atoms with Gasteiger partial charge in [-0.1, -0.05) is 18.2 Å². The minimum atomic E-state index is -0.750. The first kappa shape index (κ1) is 22.3. The highest BCUT2D eigenvalue weighted by Crippen LogP contribution is 2.43. The number of rotatable bonds is 7. The quantitative estimate of drug-likeness (QED) is 0.505. The molecule has 10 heteroatoms. The van der Waals surface area contributed by atoms with Crippen LogP contribution in [0.1, 0.15) is 25.3 Å². The summed E-state index contributed by atoms with van der Waals surface area (Å²) in [5.41, 5.74) is 5.56. The number of ether oxygens (including phenoxy) is 2. The van der Waals surface area contributed by atoms with Gasteiger partial charge in [0.1, 0.15) is 23.6 Å². The van der Waals surface area contributed by atoms with Crippen molar-refractivity contribution in [2.24, 2.45) is 11.7 Å². The van der Waals surface area contributed by atoms with Crippen LogP contribution in [0.3, 0.4) is 0 Å². The number of aromatic nitrogens is 2. The number of halogens is 1. The number of nitrogens with zero attached hydrogens (tertiary/aromatic N) is 3. The number of anilines is 1. The Morgan fingerprint density at radius 1 is 1.18 bits per heavy atom. The summed E-state index contributed by atoms with van der Waals surface area (Å²) in [4.78, 5) is 27.4. The van der Waals surface area contributed by atoms with Crippen LogP contribution >= 0.6 is 0 Å². The molecule has 9 nitrogen and oxygen atoms in total. The summed E-state index contributed by atoms with van der Waals surface area (Å²) < 4.78 is 28.9. The molecule has 1 aliphatic heterocycles. The molecular formula is C24H28FN5O4. The standard InChI is InChI=1S/C24H28FN5O4/c1-33-22-20-17(23(31)30(27)24(32)29(20)15-7-8-15)11-18(25)21(22)28-10-9-14(12-28)19(26)13-34-16-5-3-2-4-6-16/h2-6,11,14-15,19H,7-10,12-13,26-27H2,1H3/t14?,19-/m1/s1. The van der Waals surface area contributed by atoms with Crippen molar-refractivity contribution < 1.29 is 13.9 Å². The molecule has 2 aromatic carbocycles. The Balaban J connectivity index is 1.48. The molecule has 1 saturated carbocycles. The summed E-state index contributed by atoms with van der Waals surface area (Å²) >= 11 is 0. The van der Waals surface area contributed by atoms with Gasteiger partial charge in [0, 0.05) is 25.2 Å². The Bertz CT molecular complexity index is 1340. The molecule has 2 atom stereocenters. The number of fused-ring (bicyclic) bond motifs is 1. The first-order valence-corrected chi connectivity index (χ1v) is 11.4. The molecule has 0 amide bonds. The van der Waals surface area contributed by atoms with E-state index in [2.05, 4.69) is 0 Å². The third kappa shape index (κ3) is 3.77. The highest BCUT2D eigenvalue weighted by molar-refractivity contribution is 5.91. The molecule has 0 bridgehead atoms. The molecule has 5 rings (SSSR count). The van der Waals surface area contributed by atoms with E-state index in [-0.39, 0.29) is 34.8 Å². The maximum atomic E-state index is 15.4. The average molecular weight is 470 g/mol. The van der Waals surface area contributed by atoms with Crippen molar-refractivity contribution in [3.8, 4) is 11.5 Å². The first-order valence-electron chi connectivity index (χ1n) is 11.4. The van der Waals surface area contributed by atoms with E-state index in [0.29, 0.717) is 29.9 Å². The van der Waals surface area contributed by atoms with Gasteiger partial charge in [0.25, 0.3) is 5.56 Å². The maximum Gasteiger partial charge on any atom is 0.350 e. The average Bonchev–Trinajstić information content (AvgIpc) is 3.57. The summed E-state index contributed by atoms with van der Waals surface area (Å²) in [6, 6.07) is 10.3. The summed E-state index contributed by atoms with van der Waals surface area (Å²) in [6.45, 7) is 1.40. The Morgan fingerprint density at radius 3 is 2.59 bits per heavy atom. The van der Waals surface area contributed by atoms with Crippen molar-refractivity contribution in [3.63, 3.8) is 0 Å². The normalized spacial score (nSPS) is 18.9. The molecule has 4 N–H and O–H groups in total. The molecule has 0 radical (unpaired) electrons. The van der Waals surface area contributed by atoms with Gasteiger partial charge < -0.3 is 25.9 Å². The molecule has 34 heavy (non-hydrogen) atoms. The number of nitrogen functional groups attached to an aromatic ring is 1. The molecule has 3 aromatic rings. The van der Waals surface area contributed by atoms with Gasteiger partial charge in [-0.15, -0.1) is 0 Å². The van der Waals surface area contributed by atoms with E-state index in [0.717, 1.165) is 31.1 Å². The van der Waals surface area contributed by atoms with Crippen molar-refractivity contribution in [2.45, 2.75) is 31.3 Å². The SMILES string of the molecule is COc1c(N2CCC([C@H](N)COc3ccccc3)C2)c(F)cc2c(=O)n(N)c(=O)n(C3CC3)c12. The third-order valence-electron chi connectivity index (χ3n) is 6.73. The molecule has 1 saturated heterocycles. The molecule has 0 spiro atoms. The van der Waals surface area contributed by atoms with Gasteiger partial charge in [-0.3, -0.25) is 9.36 Å². The van der Waals surface area contributed by atoms with Crippen LogP contribution in [-0.4, -0.2) is 42.1 Å². The third-order valence-corrected chi connectivity index (χ3v) is 6.73. The van der Waals surface area contributed by atoms with E-state index in [1.54, 1.807) is 0 Å². The summed E-state index contributed by atoms with van der Waals surface area (Å²) in [5.74, 6) is 6.11. The minimum Gasteiger partial charge on any atom is -0.492 e. The molecule has 180 valence electrons. The van der Waals surface area contributed by atoms with Gasteiger partial charge in [-0.05, 0) is 43.4 Å². The van der Waals surface area contributed by atoms with E-state index in [4.69, 9.17) is 21.1 Å². The zero-order chi connectivity index (χ0) is 24.0. The van der Waals surface area contributed by atoms with Crippen LogP contribution in [0.2, 0.25) is 0 Å². The van der Waals surface area contributed by atoms with Crippen molar-refractivity contribution >= 4 is 16.6 Å². The summed E-state index contributed by atoms with van der Waals surface area (Å²) in [6.07, 6.45) is 2.32. The number of hydrogen-bond acceptors (Lipinski definition) is 7. The smallest absolute Gasteiger partial charge is 0.350 e. The molecule has 2 fully saturated rings. The van der Waals surface area contributed by atoms with Gasteiger partial charge >= 0.3 is 5.69 Å². The van der Waals surface area contributed by atoms with E-state index in [1.165, 1.54) is 11.7 Å². The second-order valence-corrected chi connectivity index (χ2v) is 8.98. The molecular weight excluding hydrogens is 441 g/mol. The van der Waals surface area contributed by atoms with Gasteiger partial charge in [-0.2, -0.15) is 4.68 Å². The lowest BCUT2D eigenvalue weighted by Gasteiger charge is -2.25. The van der Waals surface area contributed by atoms with Crippen molar-refractivity contribution in [1.82, 2.24) is 9.24 Å². The molecule has 1 unspecified atom stereocenters.